The second-order valence-corrected chi connectivity index (χ2v) is 6.64. The lowest BCUT2D eigenvalue weighted by Crippen LogP contribution is -2.38. The van der Waals surface area contributed by atoms with Crippen LogP contribution in [-0.2, 0) is 12.8 Å². The van der Waals surface area contributed by atoms with Crippen LogP contribution in [-0.4, -0.2) is 44.0 Å². The number of aryl methyl sites for hydroxylation is 2. The van der Waals surface area contributed by atoms with E-state index >= 15 is 0 Å². The van der Waals surface area contributed by atoms with E-state index in [-0.39, 0.29) is 24.0 Å². The van der Waals surface area contributed by atoms with Crippen molar-refractivity contribution in [2.24, 2.45) is 4.99 Å². The number of nitrogens with one attached hydrogen (secondary N) is 2. The minimum atomic E-state index is 0. The second-order valence-electron chi connectivity index (χ2n) is 6.64. The Labute approximate surface area is 197 Å². The maximum absolute atomic E-state index is 5.71. The van der Waals surface area contributed by atoms with Crippen LogP contribution in [0.1, 0.15) is 43.4 Å². The molecular weight excluding hydrogens is 495 g/mol. The molecule has 0 radical (unpaired) electrons. The van der Waals surface area contributed by atoms with Gasteiger partial charge in [-0.2, -0.15) is 0 Å². The monoisotopic (exact) mass is 530 g/mol. The van der Waals surface area contributed by atoms with E-state index < -0.39 is 0 Å². The maximum Gasteiger partial charge on any atom is 0.191 e. The molecule has 7 nitrogen and oxygen atoms in total. The molecule has 1 aromatic heterocycles. The summed E-state index contributed by atoms with van der Waals surface area (Å²) in [5, 5.41) is 10.7. The number of nitrogens with zero attached hydrogens (tertiary/aromatic N) is 2. The summed E-state index contributed by atoms with van der Waals surface area (Å²) >= 11 is 0. The third kappa shape index (κ3) is 8.04. The summed E-state index contributed by atoms with van der Waals surface area (Å²) < 4.78 is 16.6. The van der Waals surface area contributed by atoms with Crippen LogP contribution >= 0.6 is 24.0 Å². The Kier molecular flexibility index (Phi) is 12.3. The molecule has 0 aliphatic heterocycles. The molecule has 1 aromatic carbocycles. The molecule has 30 heavy (non-hydrogen) atoms. The zero-order valence-electron chi connectivity index (χ0n) is 18.7. The molecule has 2 rings (SSSR count). The standard InChI is InChI=1S/C22H34N4O3.HI/c1-6-23-22(25-14-12-19-16(4)26-29-17(19)5)24-13-11-18-9-10-20(27-7-2)21(15-18)28-8-3;/h9-10,15H,6-8,11-14H2,1-5H3,(H2,23,24,25);1H. The SMILES string of the molecule is CCNC(=NCCc1c(C)noc1C)NCCc1ccc(OCC)c(OCC)c1.I. The number of ether oxygens (including phenoxy) is 2. The van der Waals surface area contributed by atoms with Gasteiger partial charge in [-0.25, -0.2) is 0 Å². The predicted octanol–water partition coefficient (Wildman–Crippen LogP) is 4.05. The van der Waals surface area contributed by atoms with Gasteiger partial charge in [0.25, 0.3) is 0 Å². The van der Waals surface area contributed by atoms with Gasteiger partial charge in [-0.3, -0.25) is 4.99 Å². The van der Waals surface area contributed by atoms with Crippen molar-refractivity contribution >= 4 is 29.9 Å². The minimum Gasteiger partial charge on any atom is -0.490 e. The van der Waals surface area contributed by atoms with Crippen molar-refractivity contribution < 1.29 is 14.0 Å². The molecule has 8 heteroatoms. The molecule has 0 saturated carbocycles. The van der Waals surface area contributed by atoms with Crippen LogP contribution in [0.25, 0.3) is 0 Å². The summed E-state index contributed by atoms with van der Waals surface area (Å²) in [6, 6.07) is 6.11. The van der Waals surface area contributed by atoms with Crippen LogP contribution in [0.3, 0.4) is 0 Å². The first kappa shape index (κ1) is 26.1. The molecule has 0 atom stereocenters. The quantitative estimate of drug-likeness (QED) is 0.259. The number of halogens is 1. The first-order valence-electron chi connectivity index (χ1n) is 10.4. The van der Waals surface area contributed by atoms with Crippen LogP contribution in [0, 0.1) is 13.8 Å². The Balaban J connectivity index is 0.00000450. The number of guanidine groups is 1. The predicted molar refractivity (Wildman–Crippen MR) is 132 cm³/mol. The Morgan fingerprint density at radius 1 is 1.03 bits per heavy atom. The number of rotatable bonds is 11. The number of aromatic nitrogens is 1. The van der Waals surface area contributed by atoms with Gasteiger partial charge in [-0.05, 0) is 65.2 Å². The van der Waals surface area contributed by atoms with E-state index in [1.54, 1.807) is 0 Å². The molecule has 1 heterocycles. The lowest BCUT2D eigenvalue weighted by atomic mass is 10.1. The average molecular weight is 530 g/mol. The van der Waals surface area contributed by atoms with Crippen LogP contribution in [0.15, 0.2) is 27.7 Å². The second kappa shape index (κ2) is 14.1. The van der Waals surface area contributed by atoms with Crippen LogP contribution < -0.4 is 20.1 Å². The van der Waals surface area contributed by atoms with Crippen molar-refractivity contribution in [1.29, 1.82) is 0 Å². The number of hydrogen-bond acceptors (Lipinski definition) is 5. The van der Waals surface area contributed by atoms with Crippen molar-refractivity contribution in [2.45, 2.75) is 47.5 Å². The van der Waals surface area contributed by atoms with Crippen molar-refractivity contribution in [3.63, 3.8) is 0 Å². The van der Waals surface area contributed by atoms with Gasteiger partial charge in [0.05, 0.1) is 18.9 Å². The summed E-state index contributed by atoms with van der Waals surface area (Å²) in [5.41, 5.74) is 3.27. The summed E-state index contributed by atoms with van der Waals surface area (Å²) in [7, 11) is 0. The molecule has 0 aliphatic carbocycles. The fraction of sp³-hybridized carbons (Fsp3) is 0.545. The van der Waals surface area contributed by atoms with Crippen molar-refractivity contribution in [2.75, 3.05) is 32.8 Å². The van der Waals surface area contributed by atoms with Crippen molar-refractivity contribution in [3.05, 3.63) is 40.8 Å². The number of hydrogen-bond donors (Lipinski definition) is 2. The Bertz CT molecular complexity index is 773. The fourth-order valence-electron chi connectivity index (χ4n) is 3.06. The lowest BCUT2D eigenvalue weighted by Gasteiger charge is -2.14. The summed E-state index contributed by atoms with van der Waals surface area (Å²) in [6.45, 7) is 13.4. The van der Waals surface area contributed by atoms with E-state index in [4.69, 9.17) is 14.0 Å². The highest BCUT2D eigenvalue weighted by Crippen LogP contribution is 2.28. The smallest absolute Gasteiger partial charge is 0.191 e. The Morgan fingerprint density at radius 2 is 1.77 bits per heavy atom. The van der Waals surface area contributed by atoms with E-state index in [2.05, 4.69) is 39.8 Å². The highest BCUT2D eigenvalue weighted by Gasteiger charge is 2.09. The topological polar surface area (TPSA) is 80.9 Å². The van der Waals surface area contributed by atoms with Gasteiger partial charge in [-0.15, -0.1) is 24.0 Å². The first-order valence-corrected chi connectivity index (χ1v) is 10.4. The third-order valence-electron chi connectivity index (χ3n) is 4.47. The molecule has 0 aliphatic rings. The van der Waals surface area contributed by atoms with Gasteiger partial charge < -0.3 is 24.6 Å². The summed E-state index contributed by atoms with van der Waals surface area (Å²) in [5.74, 6) is 3.28. The molecule has 0 fully saturated rings. The average Bonchev–Trinajstić information content (AvgIpc) is 3.02. The van der Waals surface area contributed by atoms with E-state index in [1.807, 2.05) is 33.8 Å². The highest BCUT2D eigenvalue weighted by molar-refractivity contribution is 14.0. The van der Waals surface area contributed by atoms with E-state index in [0.717, 1.165) is 60.4 Å². The van der Waals surface area contributed by atoms with E-state index in [1.165, 1.54) is 5.56 Å². The van der Waals surface area contributed by atoms with Crippen LogP contribution in [0.4, 0.5) is 0 Å². The number of aliphatic imine (C=N–C) groups is 1. The van der Waals surface area contributed by atoms with Gasteiger partial charge in [0.15, 0.2) is 17.5 Å². The largest absolute Gasteiger partial charge is 0.490 e. The third-order valence-corrected chi connectivity index (χ3v) is 4.47. The summed E-state index contributed by atoms with van der Waals surface area (Å²) in [6.07, 6.45) is 1.68. The molecule has 2 N–H and O–H groups in total. The first-order chi connectivity index (χ1) is 14.1. The molecule has 168 valence electrons. The zero-order valence-corrected chi connectivity index (χ0v) is 21.0. The molecule has 0 bridgehead atoms. The van der Waals surface area contributed by atoms with Crippen molar-refractivity contribution in [3.8, 4) is 11.5 Å². The van der Waals surface area contributed by atoms with Gasteiger partial charge >= 0.3 is 0 Å². The van der Waals surface area contributed by atoms with Gasteiger partial charge in [-0.1, -0.05) is 11.2 Å². The van der Waals surface area contributed by atoms with Gasteiger partial charge in [0.2, 0.25) is 0 Å². The van der Waals surface area contributed by atoms with E-state index in [0.29, 0.717) is 19.8 Å². The fourth-order valence-corrected chi connectivity index (χ4v) is 3.06. The van der Waals surface area contributed by atoms with Crippen LogP contribution in [0.5, 0.6) is 11.5 Å². The minimum absolute atomic E-state index is 0. The van der Waals surface area contributed by atoms with Gasteiger partial charge in [0.1, 0.15) is 5.76 Å². The van der Waals surface area contributed by atoms with Crippen molar-refractivity contribution in [1.82, 2.24) is 15.8 Å². The van der Waals surface area contributed by atoms with E-state index in [9.17, 15) is 0 Å². The molecule has 0 amide bonds. The number of benzene rings is 1. The molecule has 0 saturated heterocycles. The Hall–Kier alpha value is -1.97. The molecule has 2 aromatic rings. The Morgan fingerprint density at radius 3 is 2.40 bits per heavy atom. The summed E-state index contributed by atoms with van der Waals surface area (Å²) in [4.78, 5) is 4.67. The molecule has 0 unspecified atom stereocenters. The molecule has 0 spiro atoms. The normalized spacial score (nSPS) is 11.0. The molecular formula is C22H35IN4O3. The van der Waals surface area contributed by atoms with Crippen LogP contribution in [0.2, 0.25) is 0 Å². The zero-order chi connectivity index (χ0) is 21.1. The maximum atomic E-state index is 5.71. The van der Waals surface area contributed by atoms with Gasteiger partial charge in [0, 0.05) is 25.2 Å². The highest BCUT2D eigenvalue weighted by atomic mass is 127. The lowest BCUT2D eigenvalue weighted by molar-refractivity contribution is 0.287.